The molecule has 118 valence electrons. The van der Waals surface area contributed by atoms with Crippen LogP contribution in [0.25, 0.3) is 0 Å². The number of carbonyl (C=O) groups is 1. The van der Waals surface area contributed by atoms with Crippen molar-refractivity contribution in [3.05, 3.63) is 12.0 Å². The summed E-state index contributed by atoms with van der Waals surface area (Å²) < 4.78 is 41.7. The number of aliphatic hydroxyl groups is 1. The Kier molecular flexibility index (Phi) is 8.93. The van der Waals surface area contributed by atoms with Crippen LogP contribution in [0.2, 0.25) is 0 Å². The maximum atomic E-state index is 13.5. The minimum absolute atomic E-state index is 0.0552. The van der Waals surface area contributed by atoms with Gasteiger partial charge in [-0.25, -0.2) is 8.78 Å². The predicted octanol–water partition coefficient (Wildman–Crippen LogP) is -0.209. The van der Waals surface area contributed by atoms with Gasteiger partial charge >= 0.3 is 0 Å². The molecule has 0 bridgehead atoms. The molecule has 1 aliphatic rings. The molecule has 1 fully saturated rings. The highest BCUT2D eigenvalue weighted by atomic mass is 19.1. The van der Waals surface area contributed by atoms with E-state index in [1.807, 2.05) is 5.32 Å². The van der Waals surface area contributed by atoms with Crippen molar-refractivity contribution in [3.8, 4) is 0 Å². The van der Waals surface area contributed by atoms with Gasteiger partial charge in [0.25, 0.3) is 0 Å². The minimum Gasteiger partial charge on any atom is -0.394 e. The Morgan fingerprint density at radius 1 is 1.65 bits per heavy atom. The van der Waals surface area contributed by atoms with Crippen molar-refractivity contribution in [1.82, 2.24) is 10.2 Å². The summed E-state index contributed by atoms with van der Waals surface area (Å²) in [5.74, 6) is -0.826. The molecule has 4 N–H and O–H groups in total. The van der Waals surface area contributed by atoms with Crippen LogP contribution in [-0.4, -0.2) is 61.9 Å². The van der Waals surface area contributed by atoms with Gasteiger partial charge in [0.05, 0.1) is 19.9 Å². The van der Waals surface area contributed by atoms with Crippen LogP contribution in [0, 0.1) is 0 Å². The molecule has 6 nitrogen and oxygen atoms in total. The van der Waals surface area contributed by atoms with Gasteiger partial charge in [-0.05, 0) is 0 Å². The quantitative estimate of drug-likeness (QED) is 0.467. The molecule has 1 amide bonds. The molecule has 9 heteroatoms. The zero-order chi connectivity index (χ0) is 15.7. The predicted molar refractivity (Wildman–Crippen MR) is 66.4 cm³/mol. The Morgan fingerprint density at radius 2 is 2.25 bits per heavy atom. The van der Waals surface area contributed by atoms with E-state index in [1.54, 1.807) is 0 Å². The van der Waals surface area contributed by atoms with Gasteiger partial charge in [0, 0.05) is 19.7 Å². The maximum absolute atomic E-state index is 13.5. The van der Waals surface area contributed by atoms with Gasteiger partial charge < -0.3 is 25.8 Å². The number of nitrogens with one attached hydrogen (secondary N) is 1. The second-order valence-corrected chi connectivity index (χ2v) is 4.02. The highest BCUT2D eigenvalue weighted by molar-refractivity contribution is 5.47. The van der Waals surface area contributed by atoms with E-state index in [-0.39, 0.29) is 19.4 Å². The molecule has 1 rings (SSSR count). The number of rotatable bonds is 6. The molecule has 4 unspecified atom stereocenters. The third-order valence-electron chi connectivity index (χ3n) is 2.61. The number of halogens is 3. The molecule has 20 heavy (non-hydrogen) atoms. The van der Waals surface area contributed by atoms with Crippen molar-refractivity contribution in [3.63, 3.8) is 0 Å². The SMILES string of the molecule is CF.CN(/C=C(/F)C(N)NC=O)C1OC(CO)CC1F. The third-order valence-corrected chi connectivity index (χ3v) is 2.61. The molecule has 1 aliphatic heterocycles. The van der Waals surface area contributed by atoms with Crippen LogP contribution in [0.3, 0.4) is 0 Å². The number of carbonyl (C=O) groups excluding carboxylic acids is 1. The van der Waals surface area contributed by atoms with E-state index in [0.29, 0.717) is 7.18 Å². The van der Waals surface area contributed by atoms with Crippen LogP contribution >= 0.6 is 0 Å². The summed E-state index contributed by atoms with van der Waals surface area (Å²) in [4.78, 5) is 11.3. The largest absolute Gasteiger partial charge is 0.394 e. The zero-order valence-electron chi connectivity index (χ0n) is 11.3. The van der Waals surface area contributed by atoms with E-state index in [2.05, 4.69) is 0 Å². The van der Waals surface area contributed by atoms with Crippen LogP contribution in [0.4, 0.5) is 13.2 Å². The first-order chi connectivity index (χ1) is 9.49. The average molecular weight is 299 g/mol. The van der Waals surface area contributed by atoms with Gasteiger partial charge in [0.1, 0.15) is 12.3 Å². The van der Waals surface area contributed by atoms with E-state index in [4.69, 9.17) is 15.6 Å². The van der Waals surface area contributed by atoms with E-state index < -0.39 is 30.5 Å². The van der Waals surface area contributed by atoms with Gasteiger partial charge in [-0.1, -0.05) is 0 Å². The molecule has 0 saturated carbocycles. The van der Waals surface area contributed by atoms with E-state index in [1.165, 1.54) is 11.9 Å². The first-order valence-corrected chi connectivity index (χ1v) is 5.82. The Morgan fingerprint density at radius 3 is 2.70 bits per heavy atom. The summed E-state index contributed by atoms with van der Waals surface area (Å²) in [7, 11) is 1.92. The van der Waals surface area contributed by atoms with Gasteiger partial charge in [0.15, 0.2) is 12.1 Å². The molecule has 0 radical (unpaired) electrons. The molecular formula is C11H20F3N3O3. The number of amides is 1. The van der Waals surface area contributed by atoms with E-state index in [9.17, 15) is 18.0 Å². The number of nitrogens with zero attached hydrogens (tertiary/aromatic N) is 1. The van der Waals surface area contributed by atoms with Crippen LogP contribution in [0.5, 0.6) is 0 Å². The zero-order valence-corrected chi connectivity index (χ0v) is 11.3. The Labute approximate surface area is 115 Å². The lowest BCUT2D eigenvalue weighted by atomic mass is 10.2. The molecule has 4 atom stereocenters. The molecule has 0 aromatic heterocycles. The smallest absolute Gasteiger partial charge is 0.208 e. The maximum Gasteiger partial charge on any atom is 0.208 e. The summed E-state index contributed by atoms with van der Waals surface area (Å²) >= 11 is 0. The molecule has 0 aliphatic carbocycles. The topological polar surface area (TPSA) is 87.8 Å². The summed E-state index contributed by atoms with van der Waals surface area (Å²) in [6, 6.07) is 0. The summed E-state index contributed by atoms with van der Waals surface area (Å²) in [6.45, 7) is -0.289. The monoisotopic (exact) mass is 299 g/mol. The lowest BCUT2D eigenvalue weighted by Gasteiger charge is -2.24. The number of ether oxygens (including phenoxy) is 1. The summed E-state index contributed by atoms with van der Waals surface area (Å²) in [5, 5.41) is 10.9. The molecule has 1 heterocycles. The van der Waals surface area contributed by atoms with Crippen molar-refractivity contribution in [1.29, 1.82) is 0 Å². The Hall–Kier alpha value is -1.32. The van der Waals surface area contributed by atoms with Gasteiger partial charge in [-0.2, -0.15) is 0 Å². The standard InChI is InChI=1S/C10H17F2N3O3.CH3F/c1-15(3-8(12)9(13)14-5-17)10-7(11)2-6(4-16)18-10;1-2/h3,5-7,9-10,16H,2,4,13H2,1H3,(H,14,17);1H3/b8-3+;. The van der Waals surface area contributed by atoms with Crippen molar-refractivity contribution in [2.24, 2.45) is 5.73 Å². The summed E-state index contributed by atoms with van der Waals surface area (Å²) in [5.41, 5.74) is 5.28. The Bertz CT molecular complexity index is 321. The fraction of sp³-hybridized carbons (Fsp3) is 0.727. The van der Waals surface area contributed by atoms with Crippen LogP contribution in [0.15, 0.2) is 12.0 Å². The number of nitrogens with two attached hydrogens (primary N) is 1. The number of hydrogen-bond donors (Lipinski definition) is 3. The van der Waals surface area contributed by atoms with Crippen LogP contribution < -0.4 is 11.1 Å². The molecule has 0 aromatic rings. The highest BCUT2D eigenvalue weighted by Gasteiger charge is 2.37. The number of alkyl halides is 2. The summed E-state index contributed by atoms with van der Waals surface area (Å²) in [6.07, 6.45) is -2.90. The normalized spacial score (nSPS) is 27.4. The number of hydrogen-bond acceptors (Lipinski definition) is 5. The van der Waals surface area contributed by atoms with Crippen molar-refractivity contribution >= 4 is 6.41 Å². The van der Waals surface area contributed by atoms with Crippen LogP contribution in [-0.2, 0) is 9.53 Å². The molecular weight excluding hydrogens is 279 g/mol. The van der Waals surface area contributed by atoms with Gasteiger partial charge in [-0.3, -0.25) is 9.18 Å². The first-order valence-electron chi connectivity index (χ1n) is 5.82. The molecule has 0 spiro atoms. The molecule has 1 saturated heterocycles. The second kappa shape index (κ2) is 9.56. The van der Waals surface area contributed by atoms with Gasteiger partial charge in [0.2, 0.25) is 6.41 Å². The molecule has 0 aromatic carbocycles. The van der Waals surface area contributed by atoms with E-state index >= 15 is 0 Å². The fourth-order valence-corrected chi connectivity index (χ4v) is 1.68. The second-order valence-electron chi connectivity index (χ2n) is 4.02. The fourth-order valence-electron chi connectivity index (χ4n) is 1.68. The Balaban J connectivity index is 0.00000172. The lowest BCUT2D eigenvalue weighted by Crippen LogP contribution is -2.39. The minimum atomic E-state index is -1.33. The average Bonchev–Trinajstić information content (AvgIpc) is 2.82. The highest BCUT2D eigenvalue weighted by Crippen LogP contribution is 2.25. The van der Waals surface area contributed by atoms with Crippen molar-refractivity contribution < 1.29 is 27.8 Å². The van der Waals surface area contributed by atoms with Crippen molar-refractivity contribution in [2.45, 2.75) is 31.1 Å². The van der Waals surface area contributed by atoms with Gasteiger partial charge in [-0.15, -0.1) is 0 Å². The first kappa shape index (κ1) is 18.7. The number of aliphatic hydroxyl groups excluding tert-OH is 1. The van der Waals surface area contributed by atoms with Crippen molar-refractivity contribution in [2.75, 3.05) is 20.8 Å². The third kappa shape index (κ3) is 5.35. The van der Waals surface area contributed by atoms with E-state index in [0.717, 1.165) is 6.20 Å². The van der Waals surface area contributed by atoms with Crippen LogP contribution in [0.1, 0.15) is 6.42 Å². The lowest BCUT2D eigenvalue weighted by molar-refractivity contribution is -0.110.